The van der Waals surface area contributed by atoms with E-state index in [1.54, 1.807) is 0 Å². The molecule has 0 radical (unpaired) electrons. The van der Waals surface area contributed by atoms with Crippen LogP contribution in [0.5, 0.6) is 0 Å². The molecule has 0 rings (SSSR count). The second-order valence-corrected chi connectivity index (χ2v) is 20.5. The van der Waals surface area contributed by atoms with E-state index < -0.39 is 51.1 Å². The predicted octanol–water partition coefficient (Wildman–Crippen LogP) is 16.0. The highest BCUT2D eigenvalue weighted by Crippen LogP contribution is 2.43. The minimum Gasteiger partial charge on any atom is -0.480 e. The topological polar surface area (TPSA) is 172 Å². The highest BCUT2D eigenvalue weighted by Gasteiger charge is 2.28. The van der Waals surface area contributed by atoms with E-state index in [1.165, 1.54) is 205 Å². The smallest absolute Gasteiger partial charge is 0.472 e. The number of phosphoric acid groups is 1. The molecule has 0 saturated heterocycles. The molecule has 3 atom stereocenters. The van der Waals surface area contributed by atoms with Gasteiger partial charge in [-0.2, -0.15) is 0 Å². The standard InChI is InChI=1S/C54H104NO10P/c1-3-5-7-9-11-13-15-17-19-21-23-24-25-26-28-30-32-34-36-38-40-42-44-46-53(57)65-50(48-63-66(60,61)64-49-51(55)54(58)59)47-62-52(56)45-43-41-39-37-35-33-31-29-27-22-20-18-16-14-12-10-8-6-4-2/h38,40,50-51H,3-37,39,41-49,55H2,1-2H3,(H,58,59)(H,60,61)/b40-38+/t50-,51+/m1/s1. The van der Waals surface area contributed by atoms with Crippen LogP contribution < -0.4 is 5.73 Å². The predicted molar refractivity (Wildman–Crippen MR) is 273 cm³/mol. The molecule has 0 aromatic carbocycles. The Hall–Kier alpha value is -1.78. The number of carbonyl (C=O) groups excluding carboxylic acids is 2. The van der Waals surface area contributed by atoms with Crippen LogP contribution in [0.25, 0.3) is 0 Å². The highest BCUT2D eigenvalue weighted by molar-refractivity contribution is 7.47. The Bertz CT molecular complexity index is 1170. The Morgan fingerprint density at radius 2 is 0.773 bits per heavy atom. The molecule has 66 heavy (non-hydrogen) atoms. The molecule has 0 bridgehead atoms. The molecule has 4 N–H and O–H groups in total. The fraction of sp³-hybridized carbons (Fsp3) is 0.907. The van der Waals surface area contributed by atoms with Crippen LogP contribution in [-0.4, -0.2) is 59.9 Å². The molecule has 0 fully saturated rings. The summed E-state index contributed by atoms with van der Waals surface area (Å²) in [6, 6.07) is -1.52. The van der Waals surface area contributed by atoms with E-state index in [4.69, 9.17) is 24.8 Å². The fourth-order valence-electron chi connectivity index (χ4n) is 8.19. The van der Waals surface area contributed by atoms with Crippen molar-refractivity contribution in [3.8, 4) is 0 Å². The Kier molecular flexibility index (Phi) is 48.3. The van der Waals surface area contributed by atoms with Crippen LogP contribution in [0.1, 0.15) is 284 Å². The second-order valence-electron chi connectivity index (χ2n) is 19.1. The largest absolute Gasteiger partial charge is 0.480 e. The Balaban J connectivity index is 4.18. The number of carboxylic acid groups (broad SMARTS) is 1. The van der Waals surface area contributed by atoms with Crippen molar-refractivity contribution >= 4 is 25.7 Å². The molecular formula is C54H104NO10P. The van der Waals surface area contributed by atoms with Crippen molar-refractivity contribution in [1.82, 2.24) is 0 Å². The lowest BCUT2D eigenvalue weighted by Crippen LogP contribution is -2.34. The van der Waals surface area contributed by atoms with E-state index in [1.807, 2.05) is 0 Å². The van der Waals surface area contributed by atoms with Crippen LogP contribution in [0.4, 0.5) is 0 Å². The Labute approximate surface area is 405 Å². The highest BCUT2D eigenvalue weighted by atomic mass is 31.2. The van der Waals surface area contributed by atoms with E-state index in [9.17, 15) is 23.8 Å². The van der Waals surface area contributed by atoms with Crippen molar-refractivity contribution < 1.29 is 47.5 Å². The first-order valence-corrected chi connectivity index (χ1v) is 29.2. The zero-order chi connectivity index (χ0) is 48.4. The van der Waals surface area contributed by atoms with Gasteiger partial charge in [-0.15, -0.1) is 0 Å². The van der Waals surface area contributed by atoms with Crippen molar-refractivity contribution in [3.05, 3.63) is 12.2 Å². The maximum absolute atomic E-state index is 12.7. The third-order valence-electron chi connectivity index (χ3n) is 12.5. The first-order chi connectivity index (χ1) is 32.1. The summed E-state index contributed by atoms with van der Waals surface area (Å²) in [5.41, 5.74) is 5.36. The Morgan fingerprint density at radius 1 is 0.455 bits per heavy atom. The number of allylic oxidation sites excluding steroid dienone is 2. The number of rotatable bonds is 53. The third-order valence-corrected chi connectivity index (χ3v) is 13.5. The van der Waals surface area contributed by atoms with Gasteiger partial charge < -0.3 is 25.2 Å². The van der Waals surface area contributed by atoms with E-state index in [2.05, 4.69) is 30.5 Å². The quantitative estimate of drug-likeness (QED) is 0.0229. The lowest BCUT2D eigenvalue weighted by atomic mass is 10.0. The number of hydrogen-bond donors (Lipinski definition) is 3. The molecule has 0 aliphatic heterocycles. The average Bonchev–Trinajstić information content (AvgIpc) is 3.30. The molecule has 0 aromatic rings. The van der Waals surface area contributed by atoms with Gasteiger partial charge in [0.25, 0.3) is 0 Å². The van der Waals surface area contributed by atoms with Crippen LogP contribution in [-0.2, 0) is 37.5 Å². The van der Waals surface area contributed by atoms with Crippen molar-refractivity contribution in [3.63, 3.8) is 0 Å². The van der Waals surface area contributed by atoms with Crippen LogP contribution in [0.15, 0.2) is 12.2 Å². The number of unbranched alkanes of at least 4 members (excludes halogenated alkanes) is 37. The summed E-state index contributed by atoms with van der Waals surface area (Å²) in [5.74, 6) is -2.39. The average molecular weight is 958 g/mol. The summed E-state index contributed by atoms with van der Waals surface area (Å²) in [4.78, 5) is 46.2. The minimum atomic E-state index is -4.73. The van der Waals surface area contributed by atoms with Gasteiger partial charge in [0.05, 0.1) is 13.2 Å². The van der Waals surface area contributed by atoms with Crippen LogP contribution in [0.2, 0.25) is 0 Å². The van der Waals surface area contributed by atoms with Gasteiger partial charge in [-0.05, 0) is 32.1 Å². The molecule has 11 nitrogen and oxygen atoms in total. The van der Waals surface area contributed by atoms with E-state index >= 15 is 0 Å². The maximum Gasteiger partial charge on any atom is 0.472 e. The lowest BCUT2D eigenvalue weighted by Gasteiger charge is -2.20. The monoisotopic (exact) mass is 958 g/mol. The number of carboxylic acids is 1. The van der Waals surface area contributed by atoms with Gasteiger partial charge in [-0.1, -0.05) is 251 Å². The van der Waals surface area contributed by atoms with Crippen molar-refractivity contribution in [2.24, 2.45) is 5.73 Å². The van der Waals surface area contributed by atoms with Crippen molar-refractivity contribution in [2.75, 3.05) is 19.8 Å². The molecule has 390 valence electrons. The first kappa shape index (κ1) is 64.2. The van der Waals surface area contributed by atoms with Crippen molar-refractivity contribution in [2.45, 2.75) is 296 Å². The van der Waals surface area contributed by atoms with E-state index in [0.29, 0.717) is 19.3 Å². The van der Waals surface area contributed by atoms with Crippen LogP contribution >= 0.6 is 7.82 Å². The number of nitrogens with two attached hydrogens (primary N) is 1. The molecule has 0 spiro atoms. The van der Waals surface area contributed by atoms with E-state index in [-0.39, 0.29) is 19.4 Å². The zero-order valence-electron chi connectivity index (χ0n) is 42.8. The molecule has 0 saturated carbocycles. The molecule has 12 heteroatoms. The summed E-state index contributed by atoms with van der Waals surface area (Å²) < 4.78 is 32.9. The zero-order valence-corrected chi connectivity index (χ0v) is 43.7. The minimum absolute atomic E-state index is 0.119. The molecular weight excluding hydrogens is 854 g/mol. The van der Waals surface area contributed by atoms with Gasteiger partial charge in [-0.25, -0.2) is 4.57 Å². The normalized spacial score (nSPS) is 13.5. The van der Waals surface area contributed by atoms with E-state index in [0.717, 1.165) is 32.1 Å². The summed E-state index contributed by atoms with van der Waals surface area (Å²) in [7, 11) is -4.73. The van der Waals surface area contributed by atoms with Crippen LogP contribution in [0.3, 0.4) is 0 Å². The third kappa shape index (κ3) is 48.7. The summed E-state index contributed by atoms with van der Waals surface area (Å²) >= 11 is 0. The summed E-state index contributed by atoms with van der Waals surface area (Å²) in [6.07, 6.45) is 54.4. The van der Waals surface area contributed by atoms with Gasteiger partial charge in [-0.3, -0.25) is 23.4 Å². The van der Waals surface area contributed by atoms with Gasteiger partial charge in [0.15, 0.2) is 6.10 Å². The molecule has 1 unspecified atom stereocenters. The number of aliphatic carboxylic acids is 1. The fourth-order valence-corrected chi connectivity index (χ4v) is 8.97. The second kappa shape index (κ2) is 49.6. The number of carbonyl (C=O) groups is 3. The molecule has 0 aliphatic rings. The SMILES string of the molecule is CCCCCCCCCCCCCCCCCCCC/C=C/CCCC(=O)O[C@H](COC(=O)CCCCCCCCCCCCCCCCCCCCC)COP(=O)(O)OC[C@H](N)C(=O)O. The first-order valence-electron chi connectivity index (χ1n) is 27.7. The number of esters is 2. The van der Waals surface area contributed by atoms with Gasteiger partial charge >= 0.3 is 25.7 Å². The van der Waals surface area contributed by atoms with Gasteiger partial charge in [0, 0.05) is 12.8 Å². The Morgan fingerprint density at radius 3 is 1.15 bits per heavy atom. The molecule has 0 amide bonds. The summed E-state index contributed by atoms with van der Waals surface area (Å²) in [5, 5.41) is 8.93. The number of hydrogen-bond acceptors (Lipinski definition) is 9. The number of ether oxygens (including phenoxy) is 2. The molecule has 0 aromatic heterocycles. The van der Waals surface area contributed by atoms with Gasteiger partial charge in [0.2, 0.25) is 0 Å². The lowest BCUT2D eigenvalue weighted by molar-refractivity contribution is -0.161. The molecule has 0 aliphatic carbocycles. The van der Waals surface area contributed by atoms with Gasteiger partial charge in [0.1, 0.15) is 12.6 Å². The number of phosphoric ester groups is 1. The summed E-state index contributed by atoms with van der Waals surface area (Å²) in [6.45, 7) is 2.85. The molecule has 0 heterocycles. The van der Waals surface area contributed by atoms with Crippen LogP contribution in [0, 0.1) is 0 Å². The van der Waals surface area contributed by atoms with Crippen molar-refractivity contribution in [1.29, 1.82) is 0 Å². The maximum atomic E-state index is 12.7.